The monoisotopic (exact) mass is 270 g/mol. The Balaban J connectivity index is 1.73. The molecule has 2 N–H and O–H groups in total. The first kappa shape index (κ1) is 12.9. The molecule has 0 aliphatic heterocycles. The van der Waals surface area contributed by atoms with Gasteiger partial charge in [0.05, 0.1) is 6.61 Å². The number of anilines is 1. The number of aliphatic hydroxyl groups excluding tert-OH is 1. The van der Waals surface area contributed by atoms with Gasteiger partial charge in [-0.3, -0.25) is 4.79 Å². The third-order valence-electron chi connectivity index (χ3n) is 3.87. The summed E-state index contributed by atoms with van der Waals surface area (Å²) < 4.78 is 2.07. The molecule has 1 aromatic carbocycles. The van der Waals surface area contributed by atoms with Crippen LogP contribution in [0.5, 0.6) is 0 Å². The van der Waals surface area contributed by atoms with E-state index in [4.69, 9.17) is 5.11 Å². The number of amides is 1. The molecule has 0 bridgehead atoms. The number of aromatic nitrogens is 1. The van der Waals surface area contributed by atoms with Crippen LogP contribution in [0.3, 0.4) is 0 Å². The Labute approximate surface area is 118 Å². The molecule has 3 rings (SSSR count). The van der Waals surface area contributed by atoms with Crippen molar-refractivity contribution in [3.63, 3.8) is 0 Å². The molecule has 4 heteroatoms. The van der Waals surface area contributed by atoms with Crippen LogP contribution in [-0.2, 0) is 6.61 Å². The van der Waals surface area contributed by atoms with Crippen molar-refractivity contribution in [1.82, 2.24) is 4.57 Å². The van der Waals surface area contributed by atoms with E-state index in [1.165, 1.54) is 6.42 Å². The van der Waals surface area contributed by atoms with Crippen molar-refractivity contribution < 1.29 is 9.90 Å². The Kier molecular flexibility index (Phi) is 3.56. The van der Waals surface area contributed by atoms with E-state index >= 15 is 0 Å². The second kappa shape index (κ2) is 5.51. The van der Waals surface area contributed by atoms with Crippen molar-refractivity contribution in [3.8, 4) is 0 Å². The number of nitrogens with one attached hydrogen (secondary N) is 1. The highest BCUT2D eigenvalue weighted by atomic mass is 16.3. The van der Waals surface area contributed by atoms with E-state index in [-0.39, 0.29) is 12.5 Å². The van der Waals surface area contributed by atoms with Gasteiger partial charge in [0.15, 0.2) is 0 Å². The maximum atomic E-state index is 12.3. The molecule has 1 aromatic heterocycles. The Hall–Kier alpha value is -2.07. The van der Waals surface area contributed by atoms with E-state index in [9.17, 15) is 4.79 Å². The topological polar surface area (TPSA) is 54.3 Å². The van der Waals surface area contributed by atoms with E-state index in [1.54, 1.807) is 24.3 Å². The van der Waals surface area contributed by atoms with Gasteiger partial charge in [0.2, 0.25) is 0 Å². The van der Waals surface area contributed by atoms with Crippen molar-refractivity contribution in [2.75, 3.05) is 5.32 Å². The lowest BCUT2D eigenvalue weighted by Gasteiger charge is -2.28. The smallest absolute Gasteiger partial charge is 0.272 e. The number of hydrogen-bond acceptors (Lipinski definition) is 2. The molecule has 2 aromatic rings. The lowest BCUT2D eigenvalue weighted by atomic mass is 9.93. The summed E-state index contributed by atoms with van der Waals surface area (Å²) in [6.07, 6.45) is 5.53. The van der Waals surface area contributed by atoms with E-state index in [1.807, 2.05) is 18.3 Å². The molecule has 1 fully saturated rings. The number of benzene rings is 1. The number of rotatable bonds is 4. The number of aliphatic hydroxyl groups is 1. The van der Waals surface area contributed by atoms with Crippen LogP contribution in [0.1, 0.15) is 41.4 Å². The van der Waals surface area contributed by atoms with Crippen LogP contribution in [-0.4, -0.2) is 15.6 Å². The number of hydrogen-bond donors (Lipinski definition) is 2. The largest absolute Gasteiger partial charge is 0.392 e. The summed E-state index contributed by atoms with van der Waals surface area (Å²) in [7, 11) is 0. The van der Waals surface area contributed by atoms with Crippen molar-refractivity contribution in [2.24, 2.45) is 0 Å². The summed E-state index contributed by atoms with van der Waals surface area (Å²) >= 11 is 0. The SMILES string of the molecule is O=C(Nc1ccc(CO)cc1)c1cccn1C1CCC1. The third kappa shape index (κ3) is 2.47. The van der Waals surface area contributed by atoms with Crippen molar-refractivity contribution in [1.29, 1.82) is 0 Å². The summed E-state index contributed by atoms with van der Waals surface area (Å²) in [5.74, 6) is -0.0846. The van der Waals surface area contributed by atoms with Gasteiger partial charge in [0.25, 0.3) is 5.91 Å². The molecule has 0 spiro atoms. The molecule has 1 aliphatic rings. The summed E-state index contributed by atoms with van der Waals surface area (Å²) in [5.41, 5.74) is 2.29. The highest BCUT2D eigenvalue weighted by molar-refractivity contribution is 6.03. The predicted molar refractivity (Wildman–Crippen MR) is 77.6 cm³/mol. The number of carbonyl (C=O) groups is 1. The summed E-state index contributed by atoms with van der Waals surface area (Å²) in [6, 6.07) is 11.5. The van der Waals surface area contributed by atoms with E-state index in [0.717, 1.165) is 24.1 Å². The van der Waals surface area contributed by atoms with E-state index in [2.05, 4.69) is 9.88 Å². The Morgan fingerprint density at radius 2 is 2.00 bits per heavy atom. The maximum Gasteiger partial charge on any atom is 0.272 e. The van der Waals surface area contributed by atoms with E-state index < -0.39 is 0 Å². The maximum absolute atomic E-state index is 12.3. The molecular weight excluding hydrogens is 252 g/mol. The zero-order valence-electron chi connectivity index (χ0n) is 11.2. The predicted octanol–water partition coefficient (Wildman–Crippen LogP) is 2.96. The van der Waals surface area contributed by atoms with E-state index in [0.29, 0.717) is 11.7 Å². The first-order chi connectivity index (χ1) is 9.78. The number of nitrogens with zero attached hydrogens (tertiary/aromatic N) is 1. The van der Waals surface area contributed by atoms with Gasteiger partial charge in [-0.1, -0.05) is 12.1 Å². The quantitative estimate of drug-likeness (QED) is 0.897. The van der Waals surface area contributed by atoms with Crippen LogP contribution < -0.4 is 5.32 Å². The highest BCUT2D eigenvalue weighted by Crippen LogP contribution is 2.32. The third-order valence-corrected chi connectivity index (χ3v) is 3.87. The van der Waals surface area contributed by atoms with Crippen molar-refractivity contribution >= 4 is 11.6 Å². The van der Waals surface area contributed by atoms with Crippen LogP contribution in [0.25, 0.3) is 0 Å². The Bertz CT molecular complexity index is 597. The zero-order valence-corrected chi connectivity index (χ0v) is 11.2. The molecule has 20 heavy (non-hydrogen) atoms. The summed E-state index contributed by atoms with van der Waals surface area (Å²) in [5, 5.41) is 11.9. The minimum absolute atomic E-state index is 0.0127. The molecule has 0 saturated heterocycles. The zero-order chi connectivity index (χ0) is 13.9. The molecule has 0 atom stereocenters. The van der Waals surface area contributed by atoms with Gasteiger partial charge < -0.3 is 15.0 Å². The fourth-order valence-corrected chi connectivity index (χ4v) is 2.46. The fraction of sp³-hybridized carbons (Fsp3) is 0.312. The summed E-state index contributed by atoms with van der Waals surface area (Å²) in [4.78, 5) is 12.3. The highest BCUT2D eigenvalue weighted by Gasteiger charge is 2.23. The fourth-order valence-electron chi connectivity index (χ4n) is 2.46. The number of carbonyl (C=O) groups excluding carboxylic acids is 1. The molecule has 1 heterocycles. The van der Waals surface area contributed by atoms with Crippen LogP contribution in [0.15, 0.2) is 42.6 Å². The van der Waals surface area contributed by atoms with Gasteiger partial charge in [-0.2, -0.15) is 0 Å². The van der Waals surface area contributed by atoms with Gasteiger partial charge in [0.1, 0.15) is 5.69 Å². The minimum atomic E-state index is -0.0846. The molecular formula is C16H18N2O2. The summed E-state index contributed by atoms with van der Waals surface area (Å²) in [6.45, 7) is 0.0127. The average molecular weight is 270 g/mol. The minimum Gasteiger partial charge on any atom is -0.392 e. The van der Waals surface area contributed by atoms with Gasteiger partial charge in [0, 0.05) is 17.9 Å². The Morgan fingerprint density at radius 1 is 1.25 bits per heavy atom. The van der Waals surface area contributed by atoms with Crippen LogP contribution in [0.4, 0.5) is 5.69 Å². The van der Waals surface area contributed by atoms with Gasteiger partial charge in [-0.15, -0.1) is 0 Å². The average Bonchev–Trinajstić information content (AvgIpc) is 2.86. The molecule has 1 aliphatic carbocycles. The second-order valence-corrected chi connectivity index (χ2v) is 5.19. The van der Waals surface area contributed by atoms with Gasteiger partial charge in [-0.05, 0) is 49.1 Å². The van der Waals surface area contributed by atoms with Gasteiger partial charge in [-0.25, -0.2) is 0 Å². The normalized spacial score (nSPS) is 14.8. The molecule has 1 saturated carbocycles. The Morgan fingerprint density at radius 3 is 2.60 bits per heavy atom. The van der Waals surface area contributed by atoms with Crippen molar-refractivity contribution in [3.05, 3.63) is 53.9 Å². The van der Waals surface area contributed by atoms with Crippen molar-refractivity contribution in [2.45, 2.75) is 31.9 Å². The first-order valence-corrected chi connectivity index (χ1v) is 6.96. The molecule has 0 unspecified atom stereocenters. The molecule has 0 radical (unpaired) electrons. The first-order valence-electron chi connectivity index (χ1n) is 6.96. The lowest BCUT2D eigenvalue weighted by Crippen LogP contribution is -2.23. The standard InChI is InChI=1S/C16H18N2O2/c19-11-12-6-8-13(9-7-12)17-16(20)15-5-2-10-18(15)14-3-1-4-14/h2,5-10,14,19H,1,3-4,11H2,(H,17,20). The molecule has 4 nitrogen and oxygen atoms in total. The van der Waals surface area contributed by atoms with Crippen LogP contribution in [0, 0.1) is 0 Å². The molecule has 104 valence electrons. The lowest BCUT2D eigenvalue weighted by molar-refractivity contribution is 0.101. The second-order valence-electron chi connectivity index (χ2n) is 5.19. The van der Waals surface area contributed by atoms with Gasteiger partial charge >= 0.3 is 0 Å². The van der Waals surface area contributed by atoms with Crippen LogP contribution >= 0.6 is 0 Å². The van der Waals surface area contributed by atoms with Crippen LogP contribution in [0.2, 0.25) is 0 Å². The molecule has 1 amide bonds.